The molecule has 3 rings (SSSR count). The van der Waals surface area contributed by atoms with E-state index in [0.29, 0.717) is 11.8 Å². The summed E-state index contributed by atoms with van der Waals surface area (Å²) in [5, 5.41) is 10.2. The van der Waals surface area contributed by atoms with Crippen molar-refractivity contribution in [2.24, 2.45) is 0 Å². The molecule has 1 aliphatic carbocycles. The molecule has 1 N–H and O–H groups in total. The SMILES string of the molecule is COc1ccc(C2CC(O)CC(c3ccccc3)C2)cc1. The second-order valence-electron chi connectivity index (χ2n) is 5.94. The summed E-state index contributed by atoms with van der Waals surface area (Å²) in [5.74, 6) is 1.75. The van der Waals surface area contributed by atoms with Gasteiger partial charge >= 0.3 is 0 Å². The van der Waals surface area contributed by atoms with Crippen LogP contribution in [0.2, 0.25) is 0 Å². The van der Waals surface area contributed by atoms with Crippen molar-refractivity contribution >= 4 is 0 Å². The standard InChI is InChI=1S/C19H22O2/c1-21-19-9-7-15(8-10-19)17-11-16(12-18(20)13-17)14-5-3-2-4-6-14/h2-10,16-18,20H,11-13H2,1H3. The summed E-state index contributed by atoms with van der Waals surface area (Å²) in [6, 6.07) is 18.8. The Morgan fingerprint density at radius 2 is 1.38 bits per heavy atom. The zero-order chi connectivity index (χ0) is 14.7. The molecule has 2 nitrogen and oxygen atoms in total. The molecule has 0 spiro atoms. The number of aliphatic hydroxyl groups is 1. The van der Waals surface area contributed by atoms with Crippen LogP contribution >= 0.6 is 0 Å². The minimum absolute atomic E-state index is 0.212. The van der Waals surface area contributed by atoms with Crippen LogP contribution in [0.3, 0.4) is 0 Å². The van der Waals surface area contributed by atoms with Gasteiger partial charge in [0.05, 0.1) is 13.2 Å². The van der Waals surface area contributed by atoms with Crippen LogP contribution in [0.15, 0.2) is 54.6 Å². The first kappa shape index (κ1) is 14.2. The van der Waals surface area contributed by atoms with Crippen LogP contribution in [0, 0.1) is 0 Å². The molecule has 0 aromatic heterocycles. The average molecular weight is 282 g/mol. The maximum absolute atomic E-state index is 10.2. The number of hydrogen-bond donors (Lipinski definition) is 1. The topological polar surface area (TPSA) is 29.5 Å². The van der Waals surface area contributed by atoms with Gasteiger partial charge in [-0.1, -0.05) is 42.5 Å². The second-order valence-corrected chi connectivity index (χ2v) is 5.94. The van der Waals surface area contributed by atoms with E-state index in [9.17, 15) is 5.11 Å². The summed E-state index contributed by atoms with van der Waals surface area (Å²) < 4.78 is 5.22. The molecular formula is C19H22O2. The molecule has 0 heterocycles. The Morgan fingerprint density at radius 3 is 1.95 bits per heavy atom. The van der Waals surface area contributed by atoms with Crippen LogP contribution in [-0.4, -0.2) is 18.3 Å². The van der Waals surface area contributed by atoms with E-state index in [4.69, 9.17) is 4.74 Å². The molecule has 0 aliphatic heterocycles. The number of hydrogen-bond acceptors (Lipinski definition) is 2. The molecule has 2 heteroatoms. The van der Waals surface area contributed by atoms with Crippen molar-refractivity contribution in [3.8, 4) is 5.75 Å². The van der Waals surface area contributed by atoms with E-state index in [0.717, 1.165) is 25.0 Å². The highest BCUT2D eigenvalue weighted by Crippen LogP contribution is 2.41. The van der Waals surface area contributed by atoms with E-state index in [2.05, 4.69) is 36.4 Å². The smallest absolute Gasteiger partial charge is 0.118 e. The molecule has 0 saturated heterocycles. The molecule has 1 aliphatic rings. The van der Waals surface area contributed by atoms with Crippen molar-refractivity contribution in [3.05, 3.63) is 65.7 Å². The molecule has 2 aromatic carbocycles. The van der Waals surface area contributed by atoms with E-state index in [-0.39, 0.29) is 6.10 Å². The van der Waals surface area contributed by atoms with Crippen molar-refractivity contribution in [1.29, 1.82) is 0 Å². The Kier molecular flexibility index (Phi) is 4.26. The summed E-state index contributed by atoms with van der Waals surface area (Å²) in [6.07, 6.45) is 2.62. The molecule has 1 saturated carbocycles. The van der Waals surface area contributed by atoms with Crippen LogP contribution in [0.4, 0.5) is 0 Å². The van der Waals surface area contributed by atoms with Crippen LogP contribution in [0.1, 0.15) is 42.2 Å². The third-order valence-electron chi connectivity index (χ3n) is 4.54. The van der Waals surface area contributed by atoms with Gasteiger partial charge in [0.2, 0.25) is 0 Å². The minimum Gasteiger partial charge on any atom is -0.497 e. The fourth-order valence-electron chi connectivity index (χ4n) is 3.43. The Bertz CT molecular complexity index is 562. The Labute approximate surface area is 126 Å². The maximum atomic E-state index is 10.2. The lowest BCUT2D eigenvalue weighted by Gasteiger charge is -2.33. The average Bonchev–Trinajstić information content (AvgIpc) is 2.55. The summed E-state index contributed by atoms with van der Waals surface area (Å²) in [6.45, 7) is 0. The summed E-state index contributed by atoms with van der Waals surface area (Å²) in [5.41, 5.74) is 2.64. The fraction of sp³-hybridized carbons (Fsp3) is 0.368. The Morgan fingerprint density at radius 1 is 0.810 bits per heavy atom. The lowest BCUT2D eigenvalue weighted by molar-refractivity contribution is 0.108. The molecule has 0 bridgehead atoms. The van der Waals surface area contributed by atoms with Crippen LogP contribution in [0.25, 0.3) is 0 Å². The second kappa shape index (κ2) is 6.31. The van der Waals surface area contributed by atoms with Crippen LogP contribution in [-0.2, 0) is 0 Å². The number of rotatable bonds is 3. The van der Waals surface area contributed by atoms with E-state index in [1.165, 1.54) is 11.1 Å². The zero-order valence-electron chi connectivity index (χ0n) is 12.4. The lowest BCUT2D eigenvalue weighted by atomic mass is 9.74. The van der Waals surface area contributed by atoms with E-state index < -0.39 is 0 Å². The minimum atomic E-state index is -0.212. The monoisotopic (exact) mass is 282 g/mol. The third-order valence-corrected chi connectivity index (χ3v) is 4.54. The summed E-state index contributed by atoms with van der Waals surface area (Å²) in [4.78, 5) is 0. The van der Waals surface area contributed by atoms with Gasteiger partial charge in [0.1, 0.15) is 5.75 Å². The van der Waals surface area contributed by atoms with Gasteiger partial charge in [0.15, 0.2) is 0 Å². The fourth-order valence-corrected chi connectivity index (χ4v) is 3.43. The van der Waals surface area contributed by atoms with Crippen molar-refractivity contribution in [3.63, 3.8) is 0 Å². The normalized spacial score (nSPS) is 25.5. The van der Waals surface area contributed by atoms with Gasteiger partial charge in [0.25, 0.3) is 0 Å². The van der Waals surface area contributed by atoms with E-state index >= 15 is 0 Å². The quantitative estimate of drug-likeness (QED) is 0.918. The van der Waals surface area contributed by atoms with Gasteiger partial charge in [-0.3, -0.25) is 0 Å². The predicted octanol–water partition coefficient (Wildman–Crippen LogP) is 4.11. The van der Waals surface area contributed by atoms with Gasteiger partial charge in [0, 0.05) is 0 Å². The molecule has 0 amide bonds. The highest BCUT2D eigenvalue weighted by atomic mass is 16.5. The summed E-state index contributed by atoms with van der Waals surface area (Å²) in [7, 11) is 1.69. The highest BCUT2D eigenvalue weighted by Gasteiger charge is 2.29. The van der Waals surface area contributed by atoms with Crippen molar-refractivity contribution < 1.29 is 9.84 Å². The first-order valence-corrected chi connectivity index (χ1v) is 7.63. The molecule has 3 unspecified atom stereocenters. The predicted molar refractivity (Wildman–Crippen MR) is 84.8 cm³/mol. The number of benzene rings is 2. The van der Waals surface area contributed by atoms with Gasteiger partial charge < -0.3 is 9.84 Å². The van der Waals surface area contributed by atoms with Crippen LogP contribution < -0.4 is 4.74 Å². The van der Waals surface area contributed by atoms with E-state index in [1.807, 2.05) is 18.2 Å². The largest absolute Gasteiger partial charge is 0.497 e. The zero-order valence-corrected chi connectivity index (χ0v) is 12.4. The van der Waals surface area contributed by atoms with Crippen molar-refractivity contribution in [2.45, 2.75) is 37.2 Å². The molecular weight excluding hydrogens is 260 g/mol. The highest BCUT2D eigenvalue weighted by molar-refractivity contribution is 5.31. The number of methoxy groups -OCH3 is 1. The molecule has 110 valence electrons. The molecule has 21 heavy (non-hydrogen) atoms. The third kappa shape index (κ3) is 3.27. The lowest BCUT2D eigenvalue weighted by Crippen LogP contribution is -2.24. The van der Waals surface area contributed by atoms with Crippen molar-refractivity contribution in [2.75, 3.05) is 7.11 Å². The van der Waals surface area contributed by atoms with Gasteiger partial charge in [-0.2, -0.15) is 0 Å². The molecule has 2 aromatic rings. The van der Waals surface area contributed by atoms with Crippen molar-refractivity contribution in [1.82, 2.24) is 0 Å². The van der Waals surface area contributed by atoms with Crippen LogP contribution in [0.5, 0.6) is 5.75 Å². The van der Waals surface area contributed by atoms with Gasteiger partial charge in [-0.25, -0.2) is 0 Å². The van der Waals surface area contributed by atoms with E-state index in [1.54, 1.807) is 7.11 Å². The first-order valence-electron chi connectivity index (χ1n) is 7.63. The summed E-state index contributed by atoms with van der Waals surface area (Å²) >= 11 is 0. The van der Waals surface area contributed by atoms with Gasteiger partial charge in [-0.15, -0.1) is 0 Å². The van der Waals surface area contributed by atoms with Gasteiger partial charge in [-0.05, 0) is 54.4 Å². The number of ether oxygens (including phenoxy) is 1. The number of aliphatic hydroxyl groups excluding tert-OH is 1. The molecule has 0 radical (unpaired) electrons. The molecule has 1 fully saturated rings. The maximum Gasteiger partial charge on any atom is 0.118 e. The Balaban J connectivity index is 1.79. The molecule has 3 atom stereocenters. The first-order chi connectivity index (χ1) is 10.3. The Hall–Kier alpha value is -1.80.